The number of aromatic nitrogens is 2. The van der Waals surface area contributed by atoms with Gasteiger partial charge in [0, 0.05) is 37.8 Å². The van der Waals surface area contributed by atoms with E-state index in [-0.39, 0.29) is 44.6 Å². The van der Waals surface area contributed by atoms with Crippen molar-refractivity contribution < 1.29 is 22.8 Å². The Morgan fingerprint density at radius 2 is 1.54 bits per heavy atom. The summed E-state index contributed by atoms with van der Waals surface area (Å²) in [5, 5.41) is 6.47. The van der Waals surface area contributed by atoms with Crippen molar-refractivity contribution in [2.24, 2.45) is 0 Å². The third kappa shape index (κ3) is 8.67. The van der Waals surface area contributed by atoms with Crippen molar-refractivity contribution >= 4 is 50.1 Å². The van der Waals surface area contributed by atoms with Gasteiger partial charge in [0.25, 0.3) is 27.7 Å². The molecule has 13 heteroatoms. The molecule has 56 heavy (non-hydrogen) atoms. The van der Waals surface area contributed by atoms with Crippen LogP contribution in [0.1, 0.15) is 87.6 Å². The summed E-state index contributed by atoms with van der Waals surface area (Å²) in [6.07, 6.45) is 4.12. The average molecular weight is 797 g/mol. The van der Waals surface area contributed by atoms with Crippen LogP contribution in [0.2, 0.25) is 5.02 Å². The van der Waals surface area contributed by atoms with E-state index in [2.05, 4.69) is 24.6 Å². The van der Waals surface area contributed by atoms with E-state index >= 15 is 0 Å². The van der Waals surface area contributed by atoms with Gasteiger partial charge in [0.1, 0.15) is 0 Å². The number of fused-ring (bicyclic) bond motifs is 2. The molecule has 1 aromatic heterocycles. The number of hydrogen-bond acceptors (Lipinski definition) is 7. The smallest absolute Gasteiger partial charge is 0.275 e. The van der Waals surface area contributed by atoms with Gasteiger partial charge in [-0.2, -0.15) is 5.10 Å². The van der Waals surface area contributed by atoms with Crippen molar-refractivity contribution in [1.82, 2.24) is 29.2 Å². The first-order valence-corrected chi connectivity index (χ1v) is 21.0. The number of nitrogens with zero attached hydrogens (tertiary/aromatic N) is 5. The summed E-state index contributed by atoms with van der Waals surface area (Å²) in [4.78, 5) is 48.3. The van der Waals surface area contributed by atoms with Crippen LogP contribution in [0.4, 0.5) is 0 Å². The van der Waals surface area contributed by atoms with Crippen LogP contribution in [0.25, 0.3) is 16.5 Å². The molecule has 0 saturated carbocycles. The van der Waals surface area contributed by atoms with Gasteiger partial charge in [0.2, 0.25) is 0 Å². The van der Waals surface area contributed by atoms with E-state index in [1.807, 2.05) is 55.4 Å². The van der Waals surface area contributed by atoms with E-state index in [0.717, 1.165) is 42.2 Å². The third-order valence-corrected chi connectivity index (χ3v) is 12.0. The fourth-order valence-corrected chi connectivity index (χ4v) is 8.40. The number of amides is 3. The second-order valence-corrected chi connectivity index (χ2v) is 16.7. The molecule has 3 amide bonds. The minimum Gasteiger partial charge on any atom is -0.337 e. The van der Waals surface area contributed by atoms with Gasteiger partial charge >= 0.3 is 0 Å². The van der Waals surface area contributed by atoms with E-state index in [4.69, 9.17) is 16.7 Å². The highest BCUT2D eigenvalue weighted by atomic mass is 35.5. The molecule has 4 aromatic carbocycles. The monoisotopic (exact) mass is 796 g/mol. The number of carbonyl (C=O) groups is 3. The molecule has 0 radical (unpaired) electrons. The number of rotatable bonds is 14. The molecule has 5 aromatic rings. The zero-order valence-corrected chi connectivity index (χ0v) is 34.2. The molecule has 0 spiro atoms. The molecular formula is C43H49ClN6O5S. The molecule has 1 aliphatic rings. The van der Waals surface area contributed by atoms with Gasteiger partial charge in [-0.15, -0.1) is 0 Å². The Morgan fingerprint density at radius 3 is 2.21 bits per heavy atom. The molecule has 1 atom stereocenters. The summed E-state index contributed by atoms with van der Waals surface area (Å²) in [6, 6.07) is 24.2. The summed E-state index contributed by atoms with van der Waals surface area (Å²) < 4.78 is 30.7. The van der Waals surface area contributed by atoms with Crippen molar-refractivity contribution in [1.29, 1.82) is 0 Å². The van der Waals surface area contributed by atoms with E-state index < -0.39 is 15.9 Å². The largest absolute Gasteiger partial charge is 0.337 e. The Hall–Kier alpha value is -5.04. The lowest BCUT2D eigenvalue weighted by atomic mass is 9.92. The highest BCUT2D eigenvalue weighted by Crippen LogP contribution is 2.31. The van der Waals surface area contributed by atoms with Gasteiger partial charge in [-0.3, -0.25) is 14.4 Å². The maximum atomic E-state index is 15.0. The molecule has 2 heterocycles. The van der Waals surface area contributed by atoms with Crippen molar-refractivity contribution in [3.63, 3.8) is 0 Å². The second kappa shape index (κ2) is 17.4. The summed E-state index contributed by atoms with van der Waals surface area (Å²) in [5.41, 5.74) is 3.07. The Balaban J connectivity index is 1.43. The SMILES string of the molecule is CCCCN(CCCC)C(=O)c1nn(-c2ccc(C(=O)NS(=O)(=O)c3ccc4ccccc4c3)cc2C(=O)N2Cc3ccccc3CC2CN(C)C)c(C)c1Cl. The van der Waals surface area contributed by atoms with Crippen LogP contribution in [0.3, 0.4) is 0 Å². The van der Waals surface area contributed by atoms with Crippen LogP contribution in [0.15, 0.2) is 89.8 Å². The van der Waals surface area contributed by atoms with Gasteiger partial charge in [0.15, 0.2) is 5.69 Å². The number of nitrogens with one attached hydrogen (secondary N) is 1. The predicted octanol–water partition coefficient (Wildman–Crippen LogP) is 7.28. The molecule has 0 saturated heterocycles. The van der Waals surface area contributed by atoms with Crippen LogP contribution in [-0.2, 0) is 23.0 Å². The molecule has 0 bridgehead atoms. The standard InChI is InChI=1S/C43H49ClN6O5S/c1-6-8-22-48(23-9-7-2)43(53)40-39(44)29(3)50(45-40)38-21-19-33(41(51)46-56(54,55)36-20-18-30-14-10-11-16-32(30)25-36)26-37(38)42(52)49-27-34-17-13-12-15-31(34)24-35(49)28-47(4)5/h10-21,25-26,35H,6-9,22-24,27-28H2,1-5H3,(H,46,51). The van der Waals surface area contributed by atoms with Crippen LogP contribution < -0.4 is 4.72 Å². The molecule has 1 unspecified atom stereocenters. The van der Waals surface area contributed by atoms with Crippen molar-refractivity contribution in [2.45, 2.75) is 70.4 Å². The van der Waals surface area contributed by atoms with E-state index in [1.165, 1.54) is 28.9 Å². The summed E-state index contributed by atoms with van der Waals surface area (Å²) in [7, 11) is -0.385. The first-order valence-electron chi connectivity index (χ1n) is 19.1. The highest BCUT2D eigenvalue weighted by Gasteiger charge is 2.34. The maximum absolute atomic E-state index is 15.0. The summed E-state index contributed by atoms with van der Waals surface area (Å²) in [5.74, 6) is -1.57. The minimum absolute atomic E-state index is 0.0412. The Labute approximate surface area is 334 Å². The van der Waals surface area contributed by atoms with Gasteiger partial charge in [-0.25, -0.2) is 17.8 Å². The normalized spacial score (nSPS) is 14.2. The first-order chi connectivity index (χ1) is 26.8. The lowest BCUT2D eigenvalue weighted by Gasteiger charge is -2.38. The number of carbonyl (C=O) groups excluding carboxylic acids is 3. The highest BCUT2D eigenvalue weighted by molar-refractivity contribution is 7.90. The fraction of sp³-hybridized carbons (Fsp3) is 0.349. The van der Waals surface area contributed by atoms with Gasteiger partial charge in [-0.05, 0) is 92.5 Å². The Kier molecular flexibility index (Phi) is 12.6. The Bertz CT molecular complexity index is 2370. The zero-order valence-electron chi connectivity index (χ0n) is 32.6. The van der Waals surface area contributed by atoms with Crippen LogP contribution in [0.5, 0.6) is 0 Å². The number of unbranched alkanes of at least 4 members (excludes halogenated alkanes) is 2. The molecule has 0 aliphatic carbocycles. The number of halogens is 1. The second-order valence-electron chi connectivity index (χ2n) is 14.7. The van der Waals surface area contributed by atoms with E-state index in [9.17, 15) is 22.8 Å². The molecule has 11 nitrogen and oxygen atoms in total. The number of sulfonamides is 1. The van der Waals surface area contributed by atoms with E-state index in [0.29, 0.717) is 49.4 Å². The van der Waals surface area contributed by atoms with Crippen LogP contribution in [-0.4, -0.2) is 90.4 Å². The lowest BCUT2D eigenvalue weighted by Crippen LogP contribution is -2.49. The predicted molar refractivity (Wildman–Crippen MR) is 220 cm³/mol. The number of likely N-dealkylation sites (N-methyl/N-ethyl adjacent to an activating group) is 1. The van der Waals surface area contributed by atoms with Crippen molar-refractivity contribution in [2.75, 3.05) is 33.7 Å². The quantitative estimate of drug-likeness (QED) is 0.125. The molecule has 0 fully saturated rings. The maximum Gasteiger partial charge on any atom is 0.275 e. The van der Waals surface area contributed by atoms with Gasteiger partial charge in [0.05, 0.1) is 26.9 Å². The Morgan fingerprint density at radius 1 is 0.875 bits per heavy atom. The van der Waals surface area contributed by atoms with E-state index in [1.54, 1.807) is 34.9 Å². The van der Waals surface area contributed by atoms with Crippen LogP contribution >= 0.6 is 11.6 Å². The van der Waals surface area contributed by atoms with Crippen LogP contribution in [0, 0.1) is 6.92 Å². The fourth-order valence-electron chi connectivity index (χ4n) is 7.19. The van der Waals surface area contributed by atoms with Crippen molar-refractivity contribution in [3.8, 4) is 5.69 Å². The lowest BCUT2D eigenvalue weighted by molar-refractivity contribution is 0.0606. The average Bonchev–Trinajstić information content (AvgIpc) is 3.49. The molecule has 294 valence electrons. The number of hydrogen-bond donors (Lipinski definition) is 1. The van der Waals surface area contributed by atoms with Gasteiger partial charge < -0.3 is 14.7 Å². The molecule has 1 aliphatic heterocycles. The van der Waals surface area contributed by atoms with Crippen molar-refractivity contribution in [3.05, 3.63) is 124 Å². The third-order valence-electron chi connectivity index (χ3n) is 10.3. The first kappa shape index (κ1) is 40.6. The molecule has 1 N–H and O–H groups in total. The number of benzene rings is 4. The topological polar surface area (TPSA) is 125 Å². The van der Waals surface area contributed by atoms with Gasteiger partial charge in [-0.1, -0.05) is 92.9 Å². The summed E-state index contributed by atoms with van der Waals surface area (Å²) >= 11 is 6.87. The summed E-state index contributed by atoms with van der Waals surface area (Å²) in [6.45, 7) is 7.90. The molecular weight excluding hydrogens is 748 g/mol. The zero-order chi connectivity index (χ0) is 40.1. The molecule has 6 rings (SSSR count). The minimum atomic E-state index is -4.29.